The van der Waals surface area contributed by atoms with E-state index in [2.05, 4.69) is 10.6 Å². The minimum atomic E-state index is -0.948. The number of amides is 3. The number of carbonyl (C=O) groups is 3. The van der Waals surface area contributed by atoms with Crippen molar-refractivity contribution in [2.45, 2.75) is 77.4 Å². The van der Waals surface area contributed by atoms with Crippen LogP contribution in [0.3, 0.4) is 0 Å². The topological polar surface area (TPSA) is 87.7 Å². The van der Waals surface area contributed by atoms with Crippen LogP contribution in [0, 0.1) is 6.92 Å². The van der Waals surface area contributed by atoms with Crippen molar-refractivity contribution in [1.29, 1.82) is 0 Å². The lowest BCUT2D eigenvalue weighted by atomic mass is 9.67. The van der Waals surface area contributed by atoms with Crippen LogP contribution in [0.1, 0.15) is 75.6 Å². The molecule has 3 aromatic rings. The first-order valence-electron chi connectivity index (χ1n) is 15.4. The van der Waals surface area contributed by atoms with E-state index in [4.69, 9.17) is 27.9 Å². The van der Waals surface area contributed by atoms with E-state index < -0.39 is 11.5 Å². The Labute approximate surface area is 270 Å². The SMILES string of the molecule is CC.CCC(=O)N1CCC(Oc2ccc(C)cc2[C@H]2NC(=O)CC[C@]23C(=O)Nc2cc(Cl)ccc23)CC1.Clc1ccccc1. The van der Waals surface area contributed by atoms with Crippen molar-refractivity contribution < 1.29 is 19.1 Å². The number of aryl methyl sites for hydroxylation is 1. The van der Waals surface area contributed by atoms with Crippen molar-refractivity contribution >= 4 is 46.6 Å². The zero-order valence-corrected chi connectivity index (χ0v) is 27.3. The number of piperidine rings is 2. The largest absolute Gasteiger partial charge is 0.490 e. The fraction of sp³-hybridized carbons (Fsp3) is 0.400. The van der Waals surface area contributed by atoms with Crippen LogP contribution in [0.5, 0.6) is 5.75 Å². The highest BCUT2D eigenvalue weighted by Crippen LogP contribution is 2.52. The monoisotopic (exact) mass is 637 g/mol. The standard InChI is InChI=1S/C27H30ClN3O4.C6H5Cl.C2H6/c1-3-24(33)31-12-9-18(10-13-31)35-22-7-4-16(2)14-19(22)25-27(11-8-23(32)30-25)20-6-5-17(28)15-21(20)29-26(27)34;7-6-4-2-1-3-5-6;1-2/h4-7,14-15,18,25H,3,8-13H2,1-2H3,(H,29,34)(H,30,32);1-5H;1-2H3/t25-,27-;;/m1../s1. The zero-order chi connectivity index (χ0) is 31.9. The van der Waals surface area contributed by atoms with Gasteiger partial charge in [-0.25, -0.2) is 0 Å². The van der Waals surface area contributed by atoms with Crippen LogP contribution in [-0.4, -0.2) is 41.8 Å². The fourth-order valence-corrected chi connectivity index (χ4v) is 6.41. The molecule has 3 aliphatic heterocycles. The van der Waals surface area contributed by atoms with E-state index in [0.29, 0.717) is 42.4 Å². The summed E-state index contributed by atoms with van der Waals surface area (Å²) in [6.07, 6.45) is 2.60. The molecule has 1 spiro atoms. The molecule has 3 aliphatic rings. The summed E-state index contributed by atoms with van der Waals surface area (Å²) < 4.78 is 6.49. The molecule has 0 radical (unpaired) electrons. The van der Waals surface area contributed by atoms with Crippen LogP contribution in [0.15, 0.2) is 66.7 Å². The van der Waals surface area contributed by atoms with E-state index in [9.17, 15) is 14.4 Å². The highest BCUT2D eigenvalue weighted by Gasteiger charge is 2.56. The van der Waals surface area contributed by atoms with Gasteiger partial charge in [-0.1, -0.05) is 85.9 Å². The molecule has 44 heavy (non-hydrogen) atoms. The Hall–Kier alpha value is -3.55. The average Bonchev–Trinajstić information content (AvgIpc) is 3.31. The maximum atomic E-state index is 13.5. The van der Waals surface area contributed by atoms with Gasteiger partial charge in [0.25, 0.3) is 0 Å². The highest BCUT2D eigenvalue weighted by atomic mass is 35.5. The van der Waals surface area contributed by atoms with Gasteiger partial charge < -0.3 is 20.3 Å². The quantitative estimate of drug-likeness (QED) is 0.308. The van der Waals surface area contributed by atoms with E-state index in [0.717, 1.165) is 34.6 Å². The van der Waals surface area contributed by atoms with Gasteiger partial charge in [0.2, 0.25) is 17.7 Å². The zero-order valence-electron chi connectivity index (χ0n) is 25.8. The number of halogens is 2. The summed E-state index contributed by atoms with van der Waals surface area (Å²) >= 11 is 11.7. The van der Waals surface area contributed by atoms with Crippen LogP contribution < -0.4 is 15.4 Å². The number of nitrogens with one attached hydrogen (secondary N) is 2. The van der Waals surface area contributed by atoms with Gasteiger partial charge in [0.15, 0.2) is 0 Å². The third-order valence-electron chi connectivity index (χ3n) is 8.26. The number of ether oxygens (including phenoxy) is 1. The van der Waals surface area contributed by atoms with Gasteiger partial charge in [0.05, 0.1) is 6.04 Å². The second kappa shape index (κ2) is 15.0. The van der Waals surface area contributed by atoms with Crippen molar-refractivity contribution in [3.05, 3.63) is 93.5 Å². The van der Waals surface area contributed by atoms with Crippen LogP contribution in [-0.2, 0) is 19.8 Å². The van der Waals surface area contributed by atoms with E-state index in [1.807, 2.05) is 87.2 Å². The van der Waals surface area contributed by atoms with Gasteiger partial charge in [-0.05, 0) is 49.2 Å². The number of hydrogen-bond acceptors (Lipinski definition) is 4. The van der Waals surface area contributed by atoms with Crippen molar-refractivity contribution in [2.24, 2.45) is 0 Å². The molecule has 0 unspecified atom stereocenters. The Kier molecular flexibility index (Phi) is 11.3. The number of benzene rings is 3. The Balaban J connectivity index is 0.000000427. The normalized spacial score (nSPS) is 20.8. The number of rotatable bonds is 4. The van der Waals surface area contributed by atoms with E-state index in [1.54, 1.807) is 12.1 Å². The van der Waals surface area contributed by atoms with E-state index >= 15 is 0 Å². The first-order chi connectivity index (χ1) is 21.2. The Morgan fingerprint density at radius 2 is 1.68 bits per heavy atom. The predicted octanol–water partition coefficient (Wildman–Crippen LogP) is 7.64. The number of nitrogens with zero attached hydrogens (tertiary/aromatic N) is 1. The third kappa shape index (κ3) is 7.22. The molecule has 0 aliphatic carbocycles. The van der Waals surface area contributed by atoms with E-state index in [1.165, 1.54) is 0 Å². The third-order valence-corrected chi connectivity index (χ3v) is 8.75. The summed E-state index contributed by atoms with van der Waals surface area (Å²) in [6, 6.07) is 20.2. The molecule has 0 aromatic heterocycles. The Morgan fingerprint density at radius 3 is 2.32 bits per heavy atom. The number of fused-ring (bicyclic) bond motifs is 2. The molecule has 2 atom stereocenters. The molecule has 6 rings (SSSR count). The second-order valence-corrected chi connectivity index (χ2v) is 11.9. The van der Waals surface area contributed by atoms with Gasteiger partial charge in [-0.2, -0.15) is 0 Å². The van der Waals surface area contributed by atoms with Gasteiger partial charge in [0.1, 0.15) is 17.3 Å². The number of likely N-dealkylation sites (tertiary alicyclic amines) is 1. The smallest absolute Gasteiger partial charge is 0.237 e. The van der Waals surface area contributed by atoms with Crippen molar-refractivity contribution in [2.75, 3.05) is 18.4 Å². The predicted molar refractivity (Wildman–Crippen MR) is 176 cm³/mol. The Bertz CT molecular complexity index is 1470. The number of anilines is 1. The summed E-state index contributed by atoms with van der Waals surface area (Å²) in [5.41, 5.74) is 2.39. The lowest BCUT2D eigenvalue weighted by molar-refractivity contribution is -0.132. The van der Waals surface area contributed by atoms with Crippen LogP contribution in [0.25, 0.3) is 0 Å². The molecule has 2 N–H and O–H groups in total. The first-order valence-corrected chi connectivity index (χ1v) is 16.1. The minimum Gasteiger partial charge on any atom is -0.490 e. The van der Waals surface area contributed by atoms with Crippen molar-refractivity contribution in [3.8, 4) is 5.75 Å². The molecule has 3 amide bonds. The van der Waals surface area contributed by atoms with Crippen LogP contribution >= 0.6 is 23.2 Å². The summed E-state index contributed by atoms with van der Waals surface area (Å²) in [6.45, 7) is 9.20. The maximum Gasteiger partial charge on any atom is 0.237 e. The summed E-state index contributed by atoms with van der Waals surface area (Å²) in [7, 11) is 0. The van der Waals surface area contributed by atoms with E-state index in [-0.39, 0.29) is 30.2 Å². The Morgan fingerprint density at radius 1 is 0.977 bits per heavy atom. The number of carbonyl (C=O) groups excluding carboxylic acids is 3. The van der Waals surface area contributed by atoms with Gasteiger partial charge in [0, 0.05) is 60.1 Å². The summed E-state index contributed by atoms with van der Waals surface area (Å²) in [4.78, 5) is 40.1. The first kappa shape index (κ1) is 33.3. The van der Waals surface area contributed by atoms with Gasteiger partial charge in [-0.3, -0.25) is 14.4 Å². The molecule has 234 valence electrons. The van der Waals surface area contributed by atoms with Gasteiger partial charge >= 0.3 is 0 Å². The molecule has 3 heterocycles. The molecule has 2 saturated heterocycles. The second-order valence-electron chi connectivity index (χ2n) is 11.0. The maximum absolute atomic E-state index is 13.5. The molecular formula is C35H41Cl2N3O4. The van der Waals surface area contributed by atoms with Crippen molar-refractivity contribution in [3.63, 3.8) is 0 Å². The molecule has 2 fully saturated rings. The average molecular weight is 639 g/mol. The minimum absolute atomic E-state index is 0.0453. The molecule has 9 heteroatoms. The van der Waals surface area contributed by atoms with Gasteiger partial charge in [-0.15, -0.1) is 0 Å². The number of hydrogen-bond donors (Lipinski definition) is 2. The molecular weight excluding hydrogens is 597 g/mol. The molecule has 3 aromatic carbocycles. The molecule has 0 bridgehead atoms. The molecule has 0 saturated carbocycles. The van der Waals surface area contributed by atoms with Crippen LogP contribution in [0.4, 0.5) is 5.69 Å². The highest BCUT2D eigenvalue weighted by molar-refractivity contribution is 6.31. The lowest BCUT2D eigenvalue weighted by Crippen LogP contribution is -2.52. The lowest BCUT2D eigenvalue weighted by Gasteiger charge is -2.41. The molecule has 7 nitrogen and oxygen atoms in total. The van der Waals surface area contributed by atoms with Crippen LogP contribution in [0.2, 0.25) is 10.0 Å². The summed E-state index contributed by atoms with van der Waals surface area (Å²) in [5.74, 6) is 0.600. The fourth-order valence-electron chi connectivity index (χ4n) is 6.10. The van der Waals surface area contributed by atoms with Crippen molar-refractivity contribution in [1.82, 2.24) is 10.2 Å². The summed E-state index contributed by atoms with van der Waals surface area (Å²) in [5, 5.41) is 7.46.